The Kier molecular flexibility index (Phi) is 2.15. The maximum Gasteiger partial charge on any atom is 0.170 e. The van der Waals surface area contributed by atoms with E-state index in [2.05, 4.69) is 5.32 Å². The maximum atomic E-state index is 11.6. The summed E-state index contributed by atoms with van der Waals surface area (Å²) in [5.41, 5.74) is 2.68. The van der Waals surface area contributed by atoms with E-state index in [1.54, 1.807) is 0 Å². The van der Waals surface area contributed by atoms with Crippen molar-refractivity contribution in [3.63, 3.8) is 0 Å². The van der Waals surface area contributed by atoms with Crippen molar-refractivity contribution >= 4 is 11.5 Å². The third kappa shape index (κ3) is 1.35. The van der Waals surface area contributed by atoms with Crippen LogP contribution in [-0.2, 0) is 0 Å². The van der Waals surface area contributed by atoms with Gasteiger partial charge in [-0.1, -0.05) is 0 Å². The van der Waals surface area contributed by atoms with Crippen LogP contribution in [-0.4, -0.2) is 19.4 Å². The van der Waals surface area contributed by atoms with Crippen molar-refractivity contribution < 1.29 is 9.53 Å². The van der Waals surface area contributed by atoms with Gasteiger partial charge in [-0.15, -0.1) is 0 Å². The normalized spacial score (nSPS) is 14.6. The van der Waals surface area contributed by atoms with Gasteiger partial charge < -0.3 is 10.1 Å². The number of carbonyl (C=O) groups excluding carboxylic acids is 1. The second-order valence-electron chi connectivity index (χ2n) is 3.46. The van der Waals surface area contributed by atoms with Crippen molar-refractivity contribution in [2.24, 2.45) is 0 Å². The molecule has 0 aromatic heterocycles. The second-order valence-corrected chi connectivity index (χ2v) is 3.46. The van der Waals surface area contributed by atoms with E-state index >= 15 is 0 Å². The molecule has 74 valence electrons. The average Bonchev–Trinajstić information content (AvgIpc) is 2.18. The van der Waals surface area contributed by atoms with Gasteiger partial charge in [0.05, 0.1) is 17.9 Å². The zero-order chi connectivity index (χ0) is 10.1. The van der Waals surface area contributed by atoms with Gasteiger partial charge in [0.1, 0.15) is 0 Å². The maximum absolute atomic E-state index is 11.6. The van der Waals surface area contributed by atoms with E-state index in [0.717, 1.165) is 11.3 Å². The molecule has 0 unspecified atom stereocenters. The van der Waals surface area contributed by atoms with Crippen LogP contribution >= 0.6 is 0 Å². The first-order valence-corrected chi connectivity index (χ1v) is 4.71. The molecule has 0 amide bonds. The number of carbonyl (C=O) groups is 1. The molecule has 1 aliphatic heterocycles. The minimum absolute atomic E-state index is 0.173. The number of fused-ring (bicyclic) bond motifs is 1. The molecule has 0 saturated carbocycles. The van der Waals surface area contributed by atoms with E-state index < -0.39 is 0 Å². The lowest BCUT2D eigenvalue weighted by Gasteiger charge is -2.20. The van der Waals surface area contributed by atoms with E-state index in [-0.39, 0.29) is 5.78 Å². The molecule has 0 atom stereocenters. The Hall–Kier alpha value is -1.51. The summed E-state index contributed by atoms with van der Waals surface area (Å²) in [4.78, 5) is 11.6. The van der Waals surface area contributed by atoms with Gasteiger partial charge in [-0.25, -0.2) is 0 Å². The molecule has 0 radical (unpaired) electrons. The number of anilines is 1. The summed E-state index contributed by atoms with van der Waals surface area (Å²) in [6.45, 7) is 2.46. The Labute approximate surface area is 83.1 Å². The van der Waals surface area contributed by atoms with Crippen LogP contribution in [0, 0.1) is 6.92 Å². The smallest absolute Gasteiger partial charge is 0.170 e. The molecular weight excluding hydrogens is 178 g/mol. The summed E-state index contributed by atoms with van der Waals surface area (Å²) >= 11 is 0. The van der Waals surface area contributed by atoms with Crippen LogP contribution in [0.25, 0.3) is 0 Å². The number of Topliss-reactive ketones (excluding diaryl/α,β-unsaturated/α-hetero) is 1. The Morgan fingerprint density at radius 3 is 2.93 bits per heavy atom. The van der Waals surface area contributed by atoms with Gasteiger partial charge in [0.15, 0.2) is 11.5 Å². The lowest BCUT2D eigenvalue weighted by atomic mass is 10.0. The van der Waals surface area contributed by atoms with Crippen LogP contribution in [0.1, 0.15) is 22.3 Å². The molecule has 1 N–H and O–H groups in total. The minimum Gasteiger partial charge on any atom is -0.490 e. The first-order chi connectivity index (χ1) is 6.72. The molecule has 1 heterocycles. The predicted molar refractivity (Wildman–Crippen MR) is 55.2 cm³/mol. The molecule has 1 aromatic rings. The molecule has 1 aromatic carbocycles. The molecule has 2 rings (SSSR count). The summed E-state index contributed by atoms with van der Waals surface area (Å²) < 4.78 is 5.49. The predicted octanol–water partition coefficient (Wildman–Crippen LogP) is 2.00. The Morgan fingerprint density at radius 2 is 2.21 bits per heavy atom. The quantitative estimate of drug-likeness (QED) is 0.737. The van der Waals surface area contributed by atoms with Gasteiger partial charge in [-0.2, -0.15) is 0 Å². The van der Waals surface area contributed by atoms with E-state index in [9.17, 15) is 4.79 Å². The van der Waals surface area contributed by atoms with Crippen LogP contribution in [0.5, 0.6) is 5.75 Å². The third-order valence-electron chi connectivity index (χ3n) is 2.38. The fraction of sp³-hybridized carbons (Fsp3) is 0.364. The minimum atomic E-state index is 0.173. The molecule has 3 heteroatoms. The molecule has 0 bridgehead atoms. The average molecular weight is 191 g/mol. The van der Waals surface area contributed by atoms with Crippen LogP contribution in [0.15, 0.2) is 12.1 Å². The number of aryl methyl sites for hydroxylation is 1. The SMILES string of the molecule is CNc1cc(C)cc2c1OCCC2=O. The van der Waals surface area contributed by atoms with Crippen molar-refractivity contribution in [3.8, 4) is 5.75 Å². The monoisotopic (exact) mass is 191 g/mol. The summed E-state index contributed by atoms with van der Waals surface area (Å²) in [7, 11) is 1.83. The summed E-state index contributed by atoms with van der Waals surface area (Å²) in [5.74, 6) is 0.876. The summed E-state index contributed by atoms with van der Waals surface area (Å²) in [5, 5.41) is 3.04. The van der Waals surface area contributed by atoms with Gasteiger partial charge in [-0.05, 0) is 24.6 Å². The highest BCUT2D eigenvalue weighted by molar-refractivity contribution is 6.01. The fourth-order valence-corrected chi connectivity index (χ4v) is 1.70. The van der Waals surface area contributed by atoms with Gasteiger partial charge in [0.25, 0.3) is 0 Å². The van der Waals surface area contributed by atoms with Crippen molar-refractivity contribution in [3.05, 3.63) is 23.3 Å². The van der Waals surface area contributed by atoms with Gasteiger partial charge in [-0.3, -0.25) is 4.79 Å². The second kappa shape index (κ2) is 3.33. The van der Waals surface area contributed by atoms with Gasteiger partial charge in [0.2, 0.25) is 0 Å². The number of benzene rings is 1. The Morgan fingerprint density at radius 1 is 1.43 bits per heavy atom. The zero-order valence-electron chi connectivity index (χ0n) is 8.39. The molecule has 1 aliphatic rings. The van der Waals surface area contributed by atoms with E-state index in [1.165, 1.54) is 0 Å². The highest BCUT2D eigenvalue weighted by Gasteiger charge is 2.21. The highest BCUT2D eigenvalue weighted by Crippen LogP contribution is 2.33. The Bertz CT molecular complexity index is 385. The van der Waals surface area contributed by atoms with E-state index in [0.29, 0.717) is 24.3 Å². The fourth-order valence-electron chi connectivity index (χ4n) is 1.70. The van der Waals surface area contributed by atoms with Crippen LogP contribution in [0.2, 0.25) is 0 Å². The van der Waals surface area contributed by atoms with Crippen molar-refractivity contribution in [2.75, 3.05) is 19.0 Å². The first kappa shape index (κ1) is 9.06. The molecule has 0 aliphatic carbocycles. The summed E-state index contributed by atoms with van der Waals surface area (Å²) in [6, 6.07) is 3.87. The number of hydrogen-bond donors (Lipinski definition) is 1. The number of ether oxygens (including phenoxy) is 1. The van der Waals surface area contributed by atoms with E-state index in [1.807, 2.05) is 26.1 Å². The topological polar surface area (TPSA) is 38.3 Å². The lowest BCUT2D eigenvalue weighted by Crippen LogP contribution is -2.16. The zero-order valence-corrected chi connectivity index (χ0v) is 8.39. The number of rotatable bonds is 1. The van der Waals surface area contributed by atoms with Crippen molar-refractivity contribution in [2.45, 2.75) is 13.3 Å². The van der Waals surface area contributed by atoms with Gasteiger partial charge in [0, 0.05) is 13.5 Å². The molecular formula is C11H13NO2. The largest absolute Gasteiger partial charge is 0.490 e. The molecule has 3 nitrogen and oxygen atoms in total. The summed E-state index contributed by atoms with van der Waals surface area (Å²) in [6.07, 6.45) is 0.486. The van der Waals surface area contributed by atoms with Crippen molar-refractivity contribution in [1.29, 1.82) is 0 Å². The number of nitrogens with one attached hydrogen (secondary N) is 1. The van der Waals surface area contributed by atoms with Crippen LogP contribution < -0.4 is 10.1 Å². The standard InChI is InChI=1S/C11H13NO2/c1-7-5-8-10(13)3-4-14-11(8)9(6-7)12-2/h5-6,12H,3-4H2,1-2H3. The van der Waals surface area contributed by atoms with Crippen LogP contribution in [0.4, 0.5) is 5.69 Å². The van der Waals surface area contributed by atoms with Crippen LogP contribution in [0.3, 0.4) is 0 Å². The Balaban J connectivity index is 2.60. The first-order valence-electron chi connectivity index (χ1n) is 4.71. The molecule has 0 spiro atoms. The molecule has 0 saturated heterocycles. The molecule has 0 fully saturated rings. The third-order valence-corrected chi connectivity index (χ3v) is 2.38. The van der Waals surface area contributed by atoms with E-state index in [4.69, 9.17) is 4.74 Å². The van der Waals surface area contributed by atoms with Gasteiger partial charge >= 0.3 is 0 Å². The van der Waals surface area contributed by atoms with Crippen molar-refractivity contribution in [1.82, 2.24) is 0 Å². The highest BCUT2D eigenvalue weighted by atomic mass is 16.5. The molecule has 14 heavy (non-hydrogen) atoms. The number of ketones is 1. The lowest BCUT2D eigenvalue weighted by molar-refractivity contribution is 0.0934. The number of hydrogen-bond acceptors (Lipinski definition) is 3.